The zero-order valence-electron chi connectivity index (χ0n) is 12.5. The van der Waals surface area contributed by atoms with Crippen LogP contribution in [0.15, 0.2) is 18.2 Å². The highest BCUT2D eigenvalue weighted by Crippen LogP contribution is 2.37. The maximum atomic E-state index is 12.3. The molecule has 1 aromatic rings. The molecule has 1 aromatic carbocycles. The lowest BCUT2D eigenvalue weighted by Gasteiger charge is -2.32. The smallest absolute Gasteiger partial charge is 0.246 e. The van der Waals surface area contributed by atoms with Gasteiger partial charge in [0.1, 0.15) is 6.04 Å². The van der Waals surface area contributed by atoms with Crippen LogP contribution in [0.5, 0.6) is 0 Å². The van der Waals surface area contributed by atoms with Gasteiger partial charge in [0.05, 0.1) is 0 Å². The molecule has 0 radical (unpaired) electrons. The Kier molecular flexibility index (Phi) is 3.30. The third-order valence-corrected chi connectivity index (χ3v) is 4.24. The Morgan fingerprint density at radius 1 is 1.20 bits per heavy atom. The van der Waals surface area contributed by atoms with Crippen molar-refractivity contribution in [3.63, 3.8) is 0 Å². The number of fused-ring (bicyclic) bond motifs is 1. The molecule has 4 nitrogen and oxygen atoms in total. The predicted molar refractivity (Wildman–Crippen MR) is 81.0 cm³/mol. The number of benzene rings is 1. The van der Waals surface area contributed by atoms with E-state index in [4.69, 9.17) is 0 Å². The SMILES string of the molecule is CC(C)(C)c1ccc2c(c1)C(N1CCNCC1)C(=O)N2. The molecule has 0 aromatic heterocycles. The second-order valence-electron chi connectivity index (χ2n) is 6.73. The summed E-state index contributed by atoms with van der Waals surface area (Å²) in [5.74, 6) is 0.118. The first-order valence-electron chi connectivity index (χ1n) is 7.37. The van der Waals surface area contributed by atoms with Gasteiger partial charge in [-0.05, 0) is 17.0 Å². The Labute approximate surface area is 120 Å². The van der Waals surface area contributed by atoms with Gasteiger partial charge in [-0.3, -0.25) is 9.69 Å². The maximum Gasteiger partial charge on any atom is 0.246 e. The number of rotatable bonds is 1. The van der Waals surface area contributed by atoms with Crippen LogP contribution in [0, 0.1) is 0 Å². The van der Waals surface area contributed by atoms with Crippen LogP contribution in [-0.2, 0) is 10.2 Å². The fraction of sp³-hybridized carbons (Fsp3) is 0.562. The van der Waals surface area contributed by atoms with Gasteiger partial charge in [-0.1, -0.05) is 32.9 Å². The summed E-state index contributed by atoms with van der Waals surface area (Å²) in [7, 11) is 0. The molecule has 0 bridgehead atoms. The monoisotopic (exact) mass is 273 g/mol. The molecule has 0 spiro atoms. The predicted octanol–water partition coefficient (Wildman–Crippen LogP) is 1.88. The first-order chi connectivity index (χ1) is 9.47. The largest absolute Gasteiger partial charge is 0.324 e. The lowest BCUT2D eigenvalue weighted by Crippen LogP contribution is -2.46. The zero-order chi connectivity index (χ0) is 14.3. The van der Waals surface area contributed by atoms with E-state index in [2.05, 4.69) is 54.5 Å². The number of anilines is 1. The standard InChI is InChI=1S/C16H23N3O/c1-16(2,3)11-4-5-13-12(10-11)14(15(20)18-13)19-8-6-17-7-9-19/h4-5,10,14,17H,6-9H2,1-3H3,(H,18,20). The second kappa shape index (κ2) is 4.86. The molecule has 0 saturated carbocycles. The van der Waals surface area contributed by atoms with Crippen molar-refractivity contribution in [3.05, 3.63) is 29.3 Å². The van der Waals surface area contributed by atoms with Crippen LogP contribution in [0.4, 0.5) is 5.69 Å². The average Bonchev–Trinajstić information content (AvgIpc) is 2.73. The average molecular weight is 273 g/mol. The topological polar surface area (TPSA) is 44.4 Å². The molecule has 2 aliphatic rings. The van der Waals surface area contributed by atoms with Crippen LogP contribution < -0.4 is 10.6 Å². The summed E-state index contributed by atoms with van der Waals surface area (Å²) in [5, 5.41) is 6.36. The van der Waals surface area contributed by atoms with Crippen LogP contribution in [-0.4, -0.2) is 37.0 Å². The Hall–Kier alpha value is -1.39. The number of nitrogens with zero attached hydrogens (tertiary/aromatic N) is 1. The summed E-state index contributed by atoms with van der Waals surface area (Å²) in [4.78, 5) is 14.6. The number of hydrogen-bond acceptors (Lipinski definition) is 3. The molecule has 1 fully saturated rings. The van der Waals surface area contributed by atoms with Crippen molar-refractivity contribution in [2.75, 3.05) is 31.5 Å². The van der Waals surface area contributed by atoms with E-state index in [9.17, 15) is 4.79 Å². The van der Waals surface area contributed by atoms with Crippen molar-refractivity contribution in [2.45, 2.75) is 32.2 Å². The molecular weight excluding hydrogens is 250 g/mol. The molecule has 108 valence electrons. The van der Waals surface area contributed by atoms with Crippen molar-refractivity contribution in [1.29, 1.82) is 0 Å². The Morgan fingerprint density at radius 2 is 1.90 bits per heavy atom. The lowest BCUT2D eigenvalue weighted by atomic mass is 9.85. The third kappa shape index (κ3) is 2.34. The Balaban J connectivity index is 1.97. The maximum absolute atomic E-state index is 12.3. The van der Waals surface area contributed by atoms with E-state index >= 15 is 0 Å². The van der Waals surface area contributed by atoms with Crippen molar-refractivity contribution < 1.29 is 4.79 Å². The van der Waals surface area contributed by atoms with E-state index in [-0.39, 0.29) is 17.4 Å². The van der Waals surface area contributed by atoms with Gasteiger partial charge in [-0.15, -0.1) is 0 Å². The van der Waals surface area contributed by atoms with Crippen molar-refractivity contribution >= 4 is 11.6 Å². The van der Waals surface area contributed by atoms with Crippen LogP contribution in [0.2, 0.25) is 0 Å². The molecule has 3 rings (SSSR count). The molecule has 2 heterocycles. The van der Waals surface area contributed by atoms with Crippen LogP contribution in [0.25, 0.3) is 0 Å². The first-order valence-corrected chi connectivity index (χ1v) is 7.37. The fourth-order valence-corrected chi connectivity index (χ4v) is 3.01. The summed E-state index contributed by atoms with van der Waals surface area (Å²) in [5.41, 5.74) is 3.51. The molecule has 0 aliphatic carbocycles. The van der Waals surface area contributed by atoms with Crippen LogP contribution in [0.1, 0.15) is 37.9 Å². The van der Waals surface area contributed by atoms with E-state index in [1.807, 2.05) is 0 Å². The normalized spacial score (nSPS) is 23.6. The quantitative estimate of drug-likeness (QED) is 0.821. The first kappa shape index (κ1) is 13.6. The van der Waals surface area contributed by atoms with Crippen molar-refractivity contribution in [2.24, 2.45) is 0 Å². The molecule has 1 atom stereocenters. The number of nitrogens with one attached hydrogen (secondary N) is 2. The van der Waals surface area contributed by atoms with Crippen molar-refractivity contribution in [3.8, 4) is 0 Å². The number of carbonyl (C=O) groups excluding carboxylic acids is 1. The molecule has 2 N–H and O–H groups in total. The van der Waals surface area contributed by atoms with Gasteiger partial charge in [0.25, 0.3) is 0 Å². The van der Waals surface area contributed by atoms with E-state index in [0.717, 1.165) is 37.4 Å². The third-order valence-electron chi connectivity index (χ3n) is 4.24. The molecule has 4 heteroatoms. The van der Waals surface area contributed by atoms with E-state index < -0.39 is 0 Å². The van der Waals surface area contributed by atoms with E-state index in [0.29, 0.717) is 0 Å². The number of amides is 1. The highest BCUT2D eigenvalue weighted by Gasteiger charge is 2.36. The number of carbonyl (C=O) groups is 1. The molecule has 1 amide bonds. The lowest BCUT2D eigenvalue weighted by molar-refractivity contribution is -0.121. The van der Waals surface area contributed by atoms with Gasteiger partial charge in [-0.25, -0.2) is 0 Å². The van der Waals surface area contributed by atoms with Gasteiger partial charge in [-0.2, -0.15) is 0 Å². The van der Waals surface area contributed by atoms with Gasteiger partial charge >= 0.3 is 0 Å². The zero-order valence-corrected chi connectivity index (χ0v) is 12.5. The number of piperazine rings is 1. The van der Waals surface area contributed by atoms with Crippen LogP contribution >= 0.6 is 0 Å². The van der Waals surface area contributed by atoms with E-state index in [1.54, 1.807) is 0 Å². The van der Waals surface area contributed by atoms with Crippen LogP contribution in [0.3, 0.4) is 0 Å². The molecule has 1 saturated heterocycles. The van der Waals surface area contributed by atoms with Gasteiger partial charge in [0.15, 0.2) is 0 Å². The van der Waals surface area contributed by atoms with Crippen molar-refractivity contribution in [1.82, 2.24) is 10.2 Å². The summed E-state index contributed by atoms with van der Waals surface area (Å²) in [6.07, 6.45) is 0. The minimum absolute atomic E-state index is 0.106. The molecule has 20 heavy (non-hydrogen) atoms. The summed E-state index contributed by atoms with van der Waals surface area (Å²) >= 11 is 0. The Bertz CT molecular complexity index is 527. The van der Waals surface area contributed by atoms with E-state index in [1.165, 1.54) is 5.56 Å². The number of hydrogen-bond donors (Lipinski definition) is 2. The van der Waals surface area contributed by atoms with Gasteiger partial charge < -0.3 is 10.6 Å². The highest BCUT2D eigenvalue weighted by atomic mass is 16.2. The second-order valence-corrected chi connectivity index (χ2v) is 6.73. The van der Waals surface area contributed by atoms with Gasteiger partial charge in [0.2, 0.25) is 5.91 Å². The minimum atomic E-state index is -0.116. The minimum Gasteiger partial charge on any atom is -0.324 e. The summed E-state index contributed by atoms with van der Waals surface area (Å²) < 4.78 is 0. The summed E-state index contributed by atoms with van der Waals surface area (Å²) in [6, 6.07) is 6.27. The fourth-order valence-electron chi connectivity index (χ4n) is 3.01. The molecule has 1 unspecified atom stereocenters. The summed E-state index contributed by atoms with van der Waals surface area (Å²) in [6.45, 7) is 10.4. The molecule has 2 aliphatic heterocycles. The molecular formula is C16H23N3O. The van der Waals surface area contributed by atoms with Gasteiger partial charge in [0, 0.05) is 37.4 Å². The highest BCUT2D eigenvalue weighted by molar-refractivity contribution is 6.02. The Morgan fingerprint density at radius 3 is 2.55 bits per heavy atom.